The van der Waals surface area contributed by atoms with Crippen LogP contribution in [0.15, 0.2) is 71.8 Å². The van der Waals surface area contributed by atoms with Crippen LogP contribution in [0.1, 0.15) is 24.1 Å². The molecule has 0 aliphatic carbocycles. The lowest BCUT2D eigenvalue weighted by Crippen LogP contribution is -2.45. The number of hydrogen-bond donors (Lipinski definition) is 1. The van der Waals surface area contributed by atoms with Gasteiger partial charge in [-0.2, -0.15) is 5.10 Å². The fourth-order valence-corrected chi connectivity index (χ4v) is 5.33. The number of hydrogen-bond acceptors (Lipinski definition) is 4. The molecule has 0 unspecified atom stereocenters. The molecular weight excluding hydrogens is 570 g/mol. The van der Waals surface area contributed by atoms with Gasteiger partial charge in [0, 0.05) is 21.1 Å². The predicted octanol–water partition coefficient (Wildman–Crippen LogP) is 6.25. The zero-order valence-corrected chi connectivity index (χ0v) is 21.5. The van der Waals surface area contributed by atoms with E-state index in [2.05, 4.69) is 58.3 Å². The first-order valence-corrected chi connectivity index (χ1v) is 12.5. The number of carbonyl (C=O) groups excluding carboxylic acids is 1. The number of nitrogens with one attached hydrogen (secondary N) is 1. The zero-order valence-electron chi connectivity index (χ0n) is 17.8. The SMILES string of the molecule is C[C@H]1C(C(=O)NN2CCc3ccccc32)=NN(c2ccc(Cl)cc2Cl)[C@@H]1c1ccc(I)cc1. The van der Waals surface area contributed by atoms with Gasteiger partial charge >= 0.3 is 0 Å². The number of anilines is 2. The molecule has 0 aromatic heterocycles. The summed E-state index contributed by atoms with van der Waals surface area (Å²) in [5.41, 5.74) is 7.57. The molecule has 2 aliphatic heterocycles. The van der Waals surface area contributed by atoms with Crippen molar-refractivity contribution in [2.24, 2.45) is 11.0 Å². The first kappa shape index (κ1) is 22.5. The Morgan fingerprint density at radius 1 is 1.06 bits per heavy atom. The van der Waals surface area contributed by atoms with E-state index in [1.54, 1.807) is 12.1 Å². The van der Waals surface area contributed by atoms with Crippen LogP contribution < -0.4 is 15.4 Å². The second-order valence-electron chi connectivity index (χ2n) is 8.18. The maximum atomic E-state index is 13.4. The fourth-order valence-electron chi connectivity index (χ4n) is 4.48. The van der Waals surface area contributed by atoms with Crippen LogP contribution in [-0.4, -0.2) is 18.2 Å². The zero-order chi connectivity index (χ0) is 23.1. The molecule has 3 aromatic carbocycles. The highest BCUT2D eigenvalue weighted by Gasteiger charge is 2.40. The number of nitrogens with zero attached hydrogens (tertiary/aromatic N) is 3. The molecule has 0 radical (unpaired) electrons. The molecule has 0 spiro atoms. The Balaban J connectivity index is 1.49. The van der Waals surface area contributed by atoms with E-state index in [9.17, 15) is 4.79 Å². The van der Waals surface area contributed by atoms with Gasteiger partial charge in [-0.15, -0.1) is 0 Å². The smallest absolute Gasteiger partial charge is 0.285 e. The van der Waals surface area contributed by atoms with Gasteiger partial charge in [0.1, 0.15) is 5.71 Å². The van der Waals surface area contributed by atoms with Crippen LogP contribution in [0.3, 0.4) is 0 Å². The summed E-state index contributed by atoms with van der Waals surface area (Å²) >= 11 is 15.0. The average molecular weight is 591 g/mol. The summed E-state index contributed by atoms with van der Waals surface area (Å²) < 4.78 is 1.14. The van der Waals surface area contributed by atoms with E-state index in [-0.39, 0.29) is 17.9 Å². The highest BCUT2D eigenvalue weighted by molar-refractivity contribution is 14.1. The van der Waals surface area contributed by atoms with E-state index in [4.69, 9.17) is 28.3 Å². The van der Waals surface area contributed by atoms with E-state index >= 15 is 0 Å². The highest BCUT2D eigenvalue weighted by Crippen LogP contribution is 2.42. The largest absolute Gasteiger partial charge is 0.286 e. The second-order valence-corrected chi connectivity index (χ2v) is 10.3. The van der Waals surface area contributed by atoms with E-state index in [1.807, 2.05) is 41.2 Å². The summed E-state index contributed by atoms with van der Waals surface area (Å²) in [6, 6.07) is 21.5. The van der Waals surface area contributed by atoms with Crippen LogP contribution in [0, 0.1) is 9.49 Å². The molecular formula is C25H21Cl2IN4O. The standard InChI is InChI=1S/C25H21Cl2IN4O/c1-15-23(25(33)30-31-13-12-16-4-2-3-5-21(16)31)29-32(22-11-8-18(26)14-20(22)27)24(15)17-6-9-19(28)10-7-17/h2-11,14-15,24H,12-13H2,1H3,(H,30,33)/t15-,24-/m0/s1. The number of hydrazine groups is 1. The lowest BCUT2D eigenvalue weighted by molar-refractivity contribution is -0.115. The van der Waals surface area contributed by atoms with Crippen LogP contribution in [0.5, 0.6) is 0 Å². The van der Waals surface area contributed by atoms with Gasteiger partial charge in [-0.1, -0.05) is 60.5 Å². The number of carbonyl (C=O) groups is 1. The number of amides is 1. The quantitative estimate of drug-likeness (QED) is 0.366. The van der Waals surface area contributed by atoms with E-state index in [0.29, 0.717) is 21.4 Å². The number of halogens is 3. The Bertz CT molecular complexity index is 1250. The minimum atomic E-state index is -0.206. The Labute approximate surface area is 216 Å². The maximum Gasteiger partial charge on any atom is 0.286 e. The normalized spacial score (nSPS) is 19.5. The van der Waals surface area contributed by atoms with Crippen LogP contribution in [0.2, 0.25) is 10.0 Å². The monoisotopic (exact) mass is 590 g/mol. The van der Waals surface area contributed by atoms with Crippen molar-refractivity contribution in [2.75, 3.05) is 16.6 Å². The molecule has 168 valence electrons. The minimum Gasteiger partial charge on any atom is -0.285 e. The molecule has 1 N–H and O–H groups in total. The topological polar surface area (TPSA) is 47.9 Å². The molecule has 2 heterocycles. The third-order valence-electron chi connectivity index (χ3n) is 6.11. The molecule has 2 aliphatic rings. The molecule has 33 heavy (non-hydrogen) atoms. The molecule has 0 fully saturated rings. The van der Waals surface area contributed by atoms with Crippen molar-refractivity contribution in [3.05, 3.63) is 91.5 Å². The number of benzene rings is 3. The maximum absolute atomic E-state index is 13.4. The number of rotatable bonds is 4. The summed E-state index contributed by atoms with van der Waals surface area (Å²) in [4.78, 5) is 13.4. The van der Waals surface area contributed by atoms with Crippen molar-refractivity contribution in [1.82, 2.24) is 5.43 Å². The lowest BCUT2D eigenvalue weighted by Gasteiger charge is -2.27. The molecule has 0 saturated carbocycles. The molecule has 8 heteroatoms. The summed E-state index contributed by atoms with van der Waals surface area (Å²) in [6.07, 6.45) is 0.899. The summed E-state index contributed by atoms with van der Waals surface area (Å²) in [6.45, 7) is 2.77. The van der Waals surface area contributed by atoms with E-state index in [0.717, 1.165) is 27.8 Å². The fraction of sp³-hybridized carbons (Fsp3) is 0.200. The van der Waals surface area contributed by atoms with E-state index in [1.165, 1.54) is 5.56 Å². The molecule has 0 saturated heterocycles. The second kappa shape index (κ2) is 9.16. The Hall–Kier alpha value is -2.29. The summed E-state index contributed by atoms with van der Waals surface area (Å²) in [5.74, 6) is -0.364. The van der Waals surface area contributed by atoms with Gasteiger partial charge in [-0.3, -0.25) is 20.2 Å². The minimum absolute atomic E-state index is 0.158. The molecule has 5 nitrogen and oxygen atoms in total. The van der Waals surface area contributed by atoms with Gasteiger partial charge in [0.25, 0.3) is 5.91 Å². The van der Waals surface area contributed by atoms with Crippen molar-refractivity contribution in [2.45, 2.75) is 19.4 Å². The third kappa shape index (κ3) is 4.32. The van der Waals surface area contributed by atoms with Crippen LogP contribution in [0.25, 0.3) is 0 Å². The van der Waals surface area contributed by atoms with Crippen molar-refractivity contribution in [1.29, 1.82) is 0 Å². The Morgan fingerprint density at radius 2 is 1.82 bits per heavy atom. The summed E-state index contributed by atoms with van der Waals surface area (Å²) in [7, 11) is 0. The van der Waals surface area contributed by atoms with Gasteiger partial charge < -0.3 is 0 Å². The van der Waals surface area contributed by atoms with Gasteiger partial charge in [0.2, 0.25) is 0 Å². The number of para-hydroxylation sites is 1. The van der Waals surface area contributed by atoms with Crippen LogP contribution in [-0.2, 0) is 11.2 Å². The molecule has 3 aromatic rings. The van der Waals surface area contributed by atoms with Gasteiger partial charge in [0.15, 0.2) is 0 Å². The van der Waals surface area contributed by atoms with Crippen molar-refractivity contribution in [3.63, 3.8) is 0 Å². The van der Waals surface area contributed by atoms with Gasteiger partial charge in [0.05, 0.1) is 22.4 Å². The Morgan fingerprint density at radius 3 is 2.58 bits per heavy atom. The highest BCUT2D eigenvalue weighted by atomic mass is 127. The van der Waals surface area contributed by atoms with Crippen molar-refractivity contribution in [3.8, 4) is 0 Å². The first-order chi connectivity index (χ1) is 15.9. The predicted molar refractivity (Wildman–Crippen MR) is 143 cm³/mol. The number of hydrazone groups is 1. The van der Waals surface area contributed by atoms with Crippen molar-refractivity contribution >= 4 is 68.8 Å². The summed E-state index contributed by atoms with van der Waals surface area (Å²) in [5, 5.41) is 9.59. The average Bonchev–Trinajstić information content (AvgIpc) is 3.36. The molecule has 5 rings (SSSR count). The van der Waals surface area contributed by atoms with Gasteiger partial charge in [-0.05, 0) is 76.5 Å². The van der Waals surface area contributed by atoms with Gasteiger partial charge in [-0.25, -0.2) is 0 Å². The molecule has 2 atom stereocenters. The number of fused-ring (bicyclic) bond motifs is 1. The van der Waals surface area contributed by atoms with Crippen LogP contribution >= 0.6 is 45.8 Å². The third-order valence-corrected chi connectivity index (χ3v) is 7.37. The Kier molecular flexibility index (Phi) is 6.24. The molecule has 1 amide bonds. The van der Waals surface area contributed by atoms with E-state index < -0.39 is 0 Å². The van der Waals surface area contributed by atoms with Crippen molar-refractivity contribution < 1.29 is 4.79 Å². The molecule has 0 bridgehead atoms. The van der Waals surface area contributed by atoms with Crippen LogP contribution in [0.4, 0.5) is 11.4 Å². The lowest BCUT2D eigenvalue weighted by atomic mass is 9.91. The first-order valence-electron chi connectivity index (χ1n) is 10.7.